The molecule has 254 valence electrons. The zero-order chi connectivity index (χ0) is 34.7. The Hall–Kier alpha value is -5.02. The number of rotatable bonds is 11. The van der Waals surface area contributed by atoms with Crippen molar-refractivity contribution in [3.8, 4) is 0 Å². The standard InChI is InChI=1S/C33H38N6O8S/c1-21-13-22(2)28(23(3)14-21)48(44,45)33(34,30(41)42)19-37-29(40)26-16-32(47-38-26)15-25(17-36-27-11-7-8-12-35-27)39(20-32)31(43)46-18-24-9-5-4-6-10-24/h4-14,25H,15-20,34H2,1-3H3,(H,35,36)(H,37,40)(H,41,42)/t25?,32?,33-/m0/s1. The van der Waals surface area contributed by atoms with Crippen LogP contribution >= 0.6 is 0 Å². The highest BCUT2D eigenvalue weighted by atomic mass is 32.2. The van der Waals surface area contributed by atoms with Gasteiger partial charge in [0.1, 0.15) is 18.1 Å². The molecule has 0 aliphatic carbocycles. The molecule has 15 heteroatoms. The normalized spacial score (nSPS) is 20.0. The van der Waals surface area contributed by atoms with Gasteiger partial charge >= 0.3 is 12.1 Å². The molecule has 0 saturated carbocycles. The number of carbonyl (C=O) groups excluding carboxylic acids is 2. The smallest absolute Gasteiger partial charge is 0.410 e. The summed E-state index contributed by atoms with van der Waals surface area (Å²) in [7, 11) is -4.68. The first-order chi connectivity index (χ1) is 22.7. The summed E-state index contributed by atoms with van der Waals surface area (Å²) in [6, 6.07) is 17.4. The minimum absolute atomic E-state index is 0.0328. The van der Waals surface area contributed by atoms with Gasteiger partial charge in [0.25, 0.3) is 5.91 Å². The van der Waals surface area contributed by atoms with E-state index in [-0.39, 0.29) is 36.6 Å². The number of nitrogens with two attached hydrogens (primary N) is 1. The molecule has 5 rings (SSSR count). The molecule has 14 nitrogen and oxygen atoms in total. The Morgan fingerprint density at radius 3 is 2.44 bits per heavy atom. The lowest BCUT2D eigenvalue weighted by Crippen LogP contribution is -2.62. The van der Waals surface area contributed by atoms with Gasteiger partial charge in [-0.15, -0.1) is 0 Å². The summed E-state index contributed by atoms with van der Waals surface area (Å²) >= 11 is 0. The van der Waals surface area contributed by atoms with Gasteiger partial charge in [0.15, 0.2) is 5.60 Å². The maximum atomic E-state index is 13.7. The number of amides is 2. The lowest BCUT2D eigenvalue weighted by atomic mass is 9.94. The van der Waals surface area contributed by atoms with Crippen LogP contribution in [0, 0.1) is 20.8 Å². The van der Waals surface area contributed by atoms with Crippen molar-refractivity contribution in [3.63, 3.8) is 0 Å². The molecule has 2 aliphatic rings. The number of likely N-dealkylation sites (tertiary alicyclic amines) is 1. The first-order valence-electron chi connectivity index (χ1n) is 15.2. The molecular formula is C33H38N6O8S. The first-order valence-corrected chi connectivity index (χ1v) is 16.7. The number of carbonyl (C=O) groups is 3. The molecule has 1 saturated heterocycles. The molecule has 0 bridgehead atoms. The van der Waals surface area contributed by atoms with E-state index >= 15 is 0 Å². The van der Waals surface area contributed by atoms with Crippen LogP contribution in [0.5, 0.6) is 0 Å². The van der Waals surface area contributed by atoms with Gasteiger partial charge in [0.2, 0.25) is 14.7 Å². The van der Waals surface area contributed by atoms with Crippen molar-refractivity contribution in [3.05, 3.63) is 89.1 Å². The van der Waals surface area contributed by atoms with E-state index in [2.05, 4.69) is 20.8 Å². The number of carboxylic acid groups (broad SMARTS) is 1. The second-order valence-electron chi connectivity index (χ2n) is 12.2. The van der Waals surface area contributed by atoms with Gasteiger partial charge < -0.3 is 31.0 Å². The summed E-state index contributed by atoms with van der Waals surface area (Å²) in [5.74, 6) is -2.06. The molecule has 1 fully saturated rings. The van der Waals surface area contributed by atoms with Crippen LogP contribution in [0.1, 0.15) is 35.1 Å². The number of sulfone groups is 1. The SMILES string of the molecule is Cc1cc(C)c(S(=O)(=O)[C@@](N)(CNC(=O)C2=NOC3(C2)CC(CNc2ccccn2)N(C(=O)OCc2ccccc2)C3)C(=O)O)c(C)c1. The fourth-order valence-corrected chi connectivity index (χ4v) is 7.96. The van der Waals surface area contributed by atoms with Crippen molar-refractivity contribution in [1.29, 1.82) is 0 Å². The predicted octanol–water partition coefficient (Wildman–Crippen LogP) is 2.67. The zero-order valence-corrected chi connectivity index (χ0v) is 27.6. The van der Waals surface area contributed by atoms with E-state index in [0.717, 1.165) is 11.1 Å². The second kappa shape index (κ2) is 13.6. The summed E-state index contributed by atoms with van der Waals surface area (Å²) in [6.45, 7) is 4.37. The molecule has 2 unspecified atom stereocenters. The number of benzene rings is 2. The molecule has 5 N–H and O–H groups in total. The molecule has 2 amide bonds. The molecule has 3 atom stereocenters. The Bertz CT molecular complexity index is 1820. The topological polar surface area (TPSA) is 203 Å². The molecule has 1 aromatic heterocycles. The second-order valence-corrected chi connectivity index (χ2v) is 14.4. The Kier molecular flexibility index (Phi) is 9.73. The van der Waals surface area contributed by atoms with Crippen molar-refractivity contribution in [2.45, 2.75) is 61.6 Å². The van der Waals surface area contributed by atoms with Crippen LogP contribution in [0.15, 0.2) is 76.9 Å². The number of ether oxygens (including phenoxy) is 1. The number of carboxylic acids is 1. The van der Waals surface area contributed by atoms with Gasteiger partial charge in [0, 0.05) is 25.6 Å². The Morgan fingerprint density at radius 2 is 1.79 bits per heavy atom. The lowest BCUT2D eigenvalue weighted by molar-refractivity contribution is -0.139. The fourth-order valence-electron chi connectivity index (χ4n) is 6.14. The molecule has 0 radical (unpaired) electrons. The number of nitrogens with one attached hydrogen (secondary N) is 2. The van der Waals surface area contributed by atoms with Gasteiger partial charge in [-0.1, -0.05) is 59.3 Å². The Morgan fingerprint density at radius 1 is 1.10 bits per heavy atom. The Balaban J connectivity index is 1.28. The van der Waals surface area contributed by atoms with E-state index in [4.69, 9.17) is 15.3 Å². The van der Waals surface area contributed by atoms with Gasteiger partial charge in [0.05, 0.1) is 24.0 Å². The van der Waals surface area contributed by atoms with Gasteiger partial charge in [-0.05, 0) is 49.6 Å². The van der Waals surface area contributed by atoms with Crippen LogP contribution in [0.2, 0.25) is 0 Å². The van der Waals surface area contributed by atoms with Crippen molar-refractivity contribution in [2.75, 3.05) is 25.0 Å². The monoisotopic (exact) mass is 678 g/mol. The molecular weight excluding hydrogens is 640 g/mol. The minimum Gasteiger partial charge on any atom is -0.479 e. The molecule has 48 heavy (non-hydrogen) atoms. The van der Waals surface area contributed by atoms with Crippen molar-refractivity contribution < 1.29 is 37.5 Å². The highest BCUT2D eigenvalue weighted by molar-refractivity contribution is 7.93. The highest BCUT2D eigenvalue weighted by Crippen LogP contribution is 2.38. The predicted molar refractivity (Wildman–Crippen MR) is 176 cm³/mol. The minimum atomic E-state index is -4.68. The number of anilines is 1. The van der Waals surface area contributed by atoms with Gasteiger partial charge in [-0.2, -0.15) is 0 Å². The summed E-state index contributed by atoms with van der Waals surface area (Å²) in [5, 5.41) is 19.5. The third-order valence-corrected chi connectivity index (χ3v) is 10.9. The average Bonchev–Trinajstić information content (AvgIpc) is 3.64. The third-order valence-electron chi connectivity index (χ3n) is 8.46. The zero-order valence-electron chi connectivity index (χ0n) is 26.8. The van der Waals surface area contributed by atoms with Gasteiger partial charge in [-0.25, -0.2) is 23.0 Å². The third kappa shape index (κ3) is 6.96. The molecule has 3 heterocycles. The van der Waals surface area contributed by atoms with Crippen molar-refractivity contribution in [2.24, 2.45) is 10.9 Å². The first kappa shape index (κ1) is 34.3. The van der Waals surface area contributed by atoms with Crippen LogP contribution in [0.25, 0.3) is 0 Å². The Labute approximate surface area is 278 Å². The number of oxime groups is 1. The maximum Gasteiger partial charge on any atom is 0.410 e. The molecule has 2 aliphatic heterocycles. The van der Waals surface area contributed by atoms with Crippen LogP contribution in [-0.2, 0) is 35.6 Å². The summed E-state index contributed by atoms with van der Waals surface area (Å²) in [6.07, 6.45) is 1.31. The van der Waals surface area contributed by atoms with Crippen LogP contribution < -0.4 is 16.4 Å². The number of hydrogen-bond acceptors (Lipinski definition) is 11. The van der Waals surface area contributed by atoms with Crippen LogP contribution in [0.4, 0.5) is 10.6 Å². The fraction of sp³-hybridized carbons (Fsp3) is 0.364. The average molecular weight is 679 g/mol. The summed E-state index contributed by atoms with van der Waals surface area (Å²) in [4.78, 5) is 47.4. The number of hydrogen-bond donors (Lipinski definition) is 4. The summed E-state index contributed by atoms with van der Waals surface area (Å²) in [5.41, 5.74) is 7.18. The highest BCUT2D eigenvalue weighted by Gasteiger charge is 2.54. The molecule has 2 aromatic carbocycles. The van der Waals surface area contributed by atoms with E-state index in [0.29, 0.717) is 23.5 Å². The number of aryl methyl sites for hydroxylation is 3. The maximum absolute atomic E-state index is 13.7. The largest absolute Gasteiger partial charge is 0.479 e. The van der Waals surface area contributed by atoms with E-state index in [9.17, 15) is 27.9 Å². The van der Waals surface area contributed by atoms with Gasteiger partial charge in [-0.3, -0.25) is 9.69 Å². The lowest BCUT2D eigenvalue weighted by Gasteiger charge is -2.27. The van der Waals surface area contributed by atoms with Crippen LogP contribution in [-0.4, -0.2) is 83.2 Å². The van der Waals surface area contributed by atoms with Crippen molar-refractivity contribution in [1.82, 2.24) is 15.2 Å². The molecule has 1 spiro atoms. The van der Waals surface area contributed by atoms with E-state index in [1.807, 2.05) is 36.4 Å². The number of aliphatic carboxylic acids is 1. The van der Waals surface area contributed by atoms with E-state index in [1.54, 1.807) is 51.2 Å². The van der Waals surface area contributed by atoms with Crippen LogP contribution in [0.3, 0.4) is 0 Å². The number of aromatic nitrogens is 1. The quantitative estimate of drug-likeness (QED) is 0.232. The van der Waals surface area contributed by atoms with E-state index in [1.165, 1.54) is 4.90 Å². The number of pyridine rings is 1. The van der Waals surface area contributed by atoms with E-state index < -0.39 is 50.9 Å². The summed E-state index contributed by atoms with van der Waals surface area (Å²) < 4.78 is 32.9. The molecule has 3 aromatic rings. The number of nitrogens with zero attached hydrogens (tertiary/aromatic N) is 3. The van der Waals surface area contributed by atoms with Crippen molar-refractivity contribution >= 4 is 39.3 Å².